The van der Waals surface area contributed by atoms with Crippen molar-refractivity contribution in [1.29, 1.82) is 0 Å². The second-order valence-electron chi connectivity index (χ2n) is 5.76. The fourth-order valence-corrected chi connectivity index (χ4v) is 3.37. The summed E-state index contributed by atoms with van der Waals surface area (Å²) in [6.45, 7) is 10.4. The Kier molecular flexibility index (Phi) is 7.21. The molecule has 0 unspecified atom stereocenters. The van der Waals surface area contributed by atoms with Gasteiger partial charge in [-0.2, -0.15) is 0 Å². The summed E-state index contributed by atoms with van der Waals surface area (Å²) in [5.41, 5.74) is 1.10. The van der Waals surface area contributed by atoms with Crippen molar-refractivity contribution >= 4 is 11.6 Å². The van der Waals surface area contributed by atoms with Gasteiger partial charge in [-0.25, -0.2) is 0 Å². The zero-order chi connectivity index (χ0) is 16.7. The van der Waals surface area contributed by atoms with E-state index in [4.69, 9.17) is 21.1 Å². The van der Waals surface area contributed by atoms with Gasteiger partial charge < -0.3 is 14.8 Å². The van der Waals surface area contributed by atoms with Crippen molar-refractivity contribution in [3.05, 3.63) is 35.4 Å². The molecule has 1 atom stereocenters. The monoisotopic (exact) mass is 338 g/mol. The number of likely N-dealkylation sites (N-methyl/N-ethyl adjacent to an activating group) is 1. The van der Waals surface area contributed by atoms with Crippen LogP contribution in [0, 0.1) is 0 Å². The second kappa shape index (κ2) is 9.16. The molecule has 0 aliphatic carbocycles. The standard InChI is InChI=1S/C18H27ClN2O2/c1-4-9-23-18-16(19)10-14(11-17(18)22-3)12-20-13-15-7-6-8-21(15)5-2/h4,10-11,15,20H,1,5-9,12-13H2,2-3H3/t15-/m1/s1. The molecule has 0 bridgehead atoms. The molecule has 1 aliphatic rings. The van der Waals surface area contributed by atoms with Crippen molar-refractivity contribution in [2.75, 3.05) is 33.4 Å². The van der Waals surface area contributed by atoms with Gasteiger partial charge in [0.15, 0.2) is 11.5 Å². The van der Waals surface area contributed by atoms with Gasteiger partial charge in [-0.15, -0.1) is 0 Å². The quantitative estimate of drug-likeness (QED) is 0.699. The van der Waals surface area contributed by atoms with Crippen LogP contribution in [-0.4, -0.2) is 44.3 Å². The SMILES string of the molecule is C=CCOc1c(Cl)cc(CNC[C@H]2CCCN2CC)cc1OC. The van der Waals surface area contributed by atoms with Gasteiger partial charge in [-0.3, -0.25) is 4.90 Å². The van der Waals surface area contributed by atoms with E-state index in [1.807, 2.05) is 12.1 Å². The van der Waals surface area contributed by atoms with Gasteiger partial charge in [0.25, 0.3) is 0 Å². The van der Waals surface area contributed by atoms with Gasteiger partial charge in [-0.1, -0.05) is 31.2 Å². The van der Waals surface area contributed by atoms with Crippen LogP contribution in [0.15, 0.2) is 24.8 Å². The molecule has 5 heteroatoms. The molecule has 0 aromatic heterocycles. The third-order valence-corrected chi connectivity index (χ3v) is 4.53. The molecule has 1 aliphatic heterocycles. The van der Waals surface area contributed by atoms with Crippen LogP contribution in [0.25, 0.3) is 0 Å². The number of rotatable bonds is 9. The number of halogens is 1. The van der Waals surface area contributed by atoms with E-state index < -0.39 is 0 Å². The molecule has 128 valence electrons. The highest BCUT2D eigenvalue weighted by Crippen LogP contribution is 2.36. The fraction of sp³-hybridized carbons (Fsp3) is 0.556. The maximum atomic E-state index is 6.33. The van der Waals surface area contributed by atoms with Crippen LogP contribution in [0.2, 0.25) is 5.02 Å². The predicted octanol–water partition coefficient (Wildman–Crippen LogP) is 3.49. The van der Waals surface area contributed by atoms with E-state index in [1.54, 1.807) is 13.2 Å². The zero-order valence-electron chi connectivity index (χ0n) is 14.1. The van der Waals surface area contributed by atoms with Gasteiger partial charge in [0, 0.05) is 19.1 Å². The average molecular weight is 339 g/mol. The molecule has 2 rings (SSSR count). The van der Waals surface area contributed by atoms with Crippen LogP contribution in [-0.2, 0) is 6.54 Å². The summed E-state index contributed by atoms with van der Waals surface area (Å²) in [6, 6.07) is 4.55. The van der Waals surface area contributed by atoms with Gasteiger partial charge >= 0.3 is 0 Å². The third kappa shape index (κ3) is 4.87. The number of nitrogens with one attached hydrogen (secondary N) is 1. The first-order chi connectivity index (χ1) is 11.2. The van der Waals surface area contributed by atoms with Gasteiger partial charge in [0.1, 0.15) is 6.61 Å². The Bertz CT molecular complexity index is 522. The summed E-state index contributed by atoms with van der Waals surface area (Å²) in [6.07, 6.45) is 4.26. The van der Waals surface area contributed by atoms with E-state index in [0.29, 0.717) is 29.2 Å². The number of ether oxygens (including phenoxy) is 2. The minimum absolute atomic E-state index is 0.405. The van der Waals surface area contributed by atoms with Crippen molar-refractivity contribution in [3.63, 3.8) is 0 Å². The first-order valence-electron chi connectivity index (χ1n) is 8.24. The highest BCUT2D eigenvalue weighted by Gasteiger charge is 2.22. The second-order valence-corrected chi connectivity index (χ2v) is 6.17. The number of hydrogen-bond donors (Lipinski definition) is 1. The molecule has 1 fully saturated rings. The maximum absolute atomic E-state index is 6.33. The topological polar surface area (TPSA) is 33.7 Å². The lowest BCUT2D eigenvalue weighted by Crippen LogP contribution is -2.37. The number of likely N-dealkylation sites (tertiary alicyclic amines) is 1. The zero-order valence-corrected chi connectivity index (χ0v) is 14.9. The maximum Gasteiger partial charge on any atom is 0.180 e. The molecule has 1 saturated heterocycles. The minimum Gasteiger partial charge on any atom is -0.493 e. The van der Waals surface area contributed by atoms with Gasteiger partial charge in [0.2, 0.25) is 0 Å². The summed E-state index contributed by atoms with van der Waals surface area (Å²) in [5, 5.41) is 4.10. The number of methoxy groups -OCH3 is 1. The lowest BCUT2D eigenvalue weighted by atomic mass is 10.1. The number of nitrogens with zero attached hydrogens (tertiary/aromatic N) is 1. The van der Waals surface area contributed by atoms with E-state index in [2.05, 4.69) is 23.7 Å². The van der Waals surface area contributed by atoms with Crippen molar-refractivity contribution in [2.45, 2.75) is 32.4 Å². The summed E-state index contributed by atoms with van der Waals surface area (Å²) in [4.78, 5) is 2.53. The van der Waals surface area contributed by atoms with E-state index in [0.717, 1.165) is 25.2 Å². The van der Waals surface area contributed by atoms with Gasteiger partial charge in [0.05, 0.1) is 12.1 Å². The molecule has 23 heavy (non-hydrogen) atoms. The number of benzene rings is 1. The fourth-order valence-electron chi connectivity index (χ4n) is 3.08. The first kappa shape index (κ1) is 18.1. The summed E-state index contributed by atoms with van der Waals surface area (Å²) in [5.74, 6) is 1.23. The molecular weight excluding hydrogens is 312 g/mol. The van der Waals surface area contributed by atoms with Crippen LogP contribution in [0.3, 0.4) is 0 Å². The summed E-state index contributed by atoms with van der Waals surface area (Å²) >= 11 is 6.33. The molecule has 4 nitrogen and oxygen atoms in total. The third-order valence-electron chi connectivity index (χ3n) is 4.25. The Morgan fingerprint density at radius 2 is 2.30 bits per heavy atom. The largest absolute Gasteiger partial charge is 0.493 e. The van der Waals surface area contributed by atoms with Crippen LogP contribution in [0.1, 0.15) is 25.3 Å². The van der Waals surface area contributed by atoms with Crippen LogP contribution >= 0.6 is 11.6 Å². The van der Waals surface area contributed by atoms with Crippen molar-refractivity contribution in [1.82, 2.24) is 10.2 Å². The van der Waals surface area contributed by atoms with E-state index in [9.17, 15) is 0 Å². The van der Waals surface area contributed by atoms with Gasteiger partial charge in [-0.05, 0) is 43.6 Å². The molecule has 1 N–H and O–H groups in total. The molecule has 1 aromatic rings. The van der Waals surface area contributed by atoms with Crippen molar-refractivity contribution in [3.8, 4) is 11.5 Å². The Balaban J connectivity index is 1.94. The molecular formula is C18H27ClN2O2. The molecule has 0 amide bonds. The minimum atomic E-state index is 0.405. The Morgan fingerprint density at radius 3 is 3.00 bits per heavy atom. The smallest absolute Gasteiger partial charge is 0.180 e. The van der Waals surface area contributed by atoms with Crippen LogP contribution in [0.4, 0.5) is 0 Å². The molecule has 1 aromatic carbocycles. The Morgan fingerprint density at radius 1 is 1.48 bits per heavy atom. The predicted molar refractivity (Wildman–Crippen MR) is 95.7 cm³/mol. The Labute approximate surface area is 144 Å². The molecule has 0 saturated carbocycles. The van der Waals surface area contributed by atoms with E-state index >= 15 is 0 Å². The molecule has 1 heterocycles. The van der Waals surface area contributed by atoms with Crippen LogP contribution < -0.4 is 14.8 Å². The Hall–Kier alpha value is -1.23. The lowest BCUT2D eigenvalue weighted by Gasteiger charge is -2.23. The average Bonchev–Trinajstić information content (AvgIpc) is 3.01. The number of hydrogen-bond acceptors (Lipinski definition) is 4. The van der Waals surface area contributed by atoms with Crippen molar-refractivity contribution < 1.29 is 9.47 Å². The lowest BCUT2D eigenvalue weighted by molar-refractivity contribution is 0.260. The van der Waals surface area contributed by atoms with E-state index in [-0.39, 0.29) is 0 Å². The van der Waals surface area contributed by atoms with E-state index in [1.165, 1.54) is 19.4 Å². The summed E-state index contributed by atoms with van der Waals surface area (Å²) < 4.78 is 11.0. The normalized spacial score (nSPS) is 18.1. The highest BCUT2D eigenvalue weighted by atomic mass is 35.5. The molecule has 0 spiro atoms. The summed E-state index contributed by atoms with van der Waals surface area (Å²) in [7, 11) is 1.63. The van der Waals surface area contributed by atoms with Crippen LogP contribution in [0.5, 0.6) is 11.5 Å². The molecule has 0 radical (unpaired) electrons. The van der Waals surface area contributed by atoms with Crippen molar-refractivity contribution in [2.24, 2.45) is 0 Å². The first-order valence-corrected chi connectivity index (χ1v) is 8.62. The highest BCUT2D eigenvalue weighted by molar-refractivity contribution is 6.32.